The lowest BCUT2D eigenvalue weighted by atomic mass is 10.0. The molecule has 0 saturated heterocycles. The summed E-state index contributed by atoms with van der Waals surface area (Å²) in [5.74, 6) is -0.466. The third-order valence-corrected chi connectivity index (χ3v) is 3.19. The van der Waals surface area contributed by atoms with Gasteiger partial charge in [-0.2, -0.15) is 0 Å². The van der Waals surface area contributed by atoms with Crippen LogP contribution in [-0.2, 0) is 6.42 Å². The van der Waals surface area contributed by atoms with Gasteiger partial charge in [-0.3, -0.25) is 0 Å². The molecular weight excluding hydrogens is 244 g/mol. The Morgan fingerprint density at radius 1 is 1.42 bits per heavy atom. The van der Waals surface area contributed by atoms with E-state index in [0.717, 1.165) is 18.5 Å². The lowest BCUT2D eigenvalue weighted by Crippen LogP contribution is -2.38. The van der Waals surface area contributed by atoms with Gasteiger partial charge in [-0.25, -0.2) is 9.78 Å². The van der Waals surface area contributed by atoms with Crippen LogP contribution in [0.25, 0.3) is 0 Å². The monoisotopic (exact) mass is 266 g/mol. The second-order valence-electron chi connectivity index (χ2n) is 4.98. The Morgan fingerprint density at radius 2 is 2.11 bits per heavy atom. The van der Waals surface area contributed by atoms with Crippen molar-refractivity contribution in [3.05, 3.63) is 23.4 Å². The zero-order chi connectivity index (χ0) is 14.5. The standard InChI is InChI=1S/C14H22N2O3/c1-4-6-11-7-10(13(18)19)8-12(15-11)16-14(3,5-2)9-17/h7-8,17H,4-6,9H2,1-3H3,(H,15,16)(H,18,19). The van der Waals surface area contributed by atoms with Gasteiger partial charge in [-0.15, -0.1) is 0 Å². The van der Waals surface area contributed by atoms with E-state index in [1.54, 1.807) is 6.07 Å². The van der Waals surface area contributed by atoms with E-state index in [1.165, 1.54) is 6.07 Å². The van der Waals surface area contributed by atoms with Crippen LogP contribution in [0, 0.1) is 0 Å². The van der Waals surface area contributed by atoms with Gasteiger partial charge in [-0.05, 0) is 31.9 Å². The normalized spacial score (nSPS) is 13.9. The van der Waals surface area contributed by atoms with Crippen molar-refractivity contribution in [3.63, 3.8) is 0 Å². The summed E-state index contributed by atoms with van der Waals surface area (Å²) in [6.07, 6.45) is 2.35. The highest BCUT2D eigenvalue weighted by atomic mass is 16.4. The summed E-state index contributed by atoms with van der Waals surface area (Å²) >= 11 is 0. The maximum atomic E-state index is 11.1. The van der Waals surface area contributed by atoms with Crippen LogP contribution in [-0.4, -0.2) is 33.3 Å². The molecule has 0 aromatic carbocycles. The van der Waals surface area contributed by atoms with Gasteiger partial charge >= 0.3 is 5.97 Å². The number of aliphatic hydroxyl groups is 1. The predicted molar refractivity (Wildman–Crippen MR) is 74.6 cm³/mol. The molecule has 0 aliphatic heterocycles. The Hall–Kier alpha value is -1.62. The van der Waals surface area contributed by atoms with Crippen molar-refractivity contribution in [2.24, 2.45) is 0 Å². The molecule has 1 aromatic rings. The molecule has 0 aliphatic rings. The van der Waals surface area contributed by atoms with E-state index in [0.29, 0.717) is 12.2 Å². The van der Waals surface area contributed by atoms with Crippen LogP contribution < -0.4 is 5.32 Å². The number of pyridine rings is 1. The summed E-state index contributed by atoms with van der Waals surface area (Å²) < 4.78 is 0. The van der Waals surface area contributed by atoms with Crippen LogP contribution in [0.1, 0.15) is 49.7 Å². The van der Waals surface area contributed by atoms with Gasteiger partial charge in [0.2, 0.25) is 0 Å². The van der Waals surface area contributed by atoms with Crippen molar-refractivity contribution < 1.29 is 15.0 Å². The first kappa shape index (κ1) is 15.4. The number of hydrogen-bond acceptors (Lipinski definition) is 4. The molecule has 0 saturated carbocycles. The predicted octanol–water partition coefficient (Wildman–Crippen LogP) is 2.31. The van der Waals surface area contributed by atoms with Crippen molar-refractivity contribution in [1.29, 1.82) is 0 Å². The van der Waals surface area contributed by atoms with E-state index in [1.807, 2.05) is 20.8 Å². The van der Waals surface area contributed by atoms with Crippen molar-refractivity contribution in [2.75, 3.05) is 11.9 Å². The molecule has 106 valence electrons. The number of rotatable bonds is 7. The van der Waals surface area contributed by atoms with Crippen LogP contribution in [0.2, 0.25) is 0 Å². The van der Waals surface area contributed by atoms with Crippen molar-refractivity contribution >= 4 is 11.8 Å². The number of aromatic carboxylic acids is 1. The zero-order valence-corrected chi connectivity index (χ0v) is 11.7. The van der Waals surface area contributed by atoms with E-state index in [9.17, 15) is 9.90 Å². The third-order valence-electron chi connectivity index (χ3n) is 3.19. The number of aryl methyl sites for hydroxylation is 1. The molecule has 1 rings (SSSR count). The number of aliphatic hydroxyl groups excluding tert-OH is 1. The SMILES string of the molecule is CCCc1cc(C(=O)O)cc(NC(C)(CC)CO)n1. The minimum absolute atomic E-state index is 0.0361. The molecule has 0 aliphatic carbocycles. The van der Waals surface area contributed by atoms with Crippen molar-refractivity contribution in [2.45, 2.75) is 45.6 Å². The molecule has 3 N–H and O–H groups in total. The lowest BCUT2D eigenvalue weighted by molar-refractivity contribution is 0.0696. The molecule has 1 aromatic heterocycles. The summed E-state index contributed by atoms with van der Waals surface area (Å²) in [4.78, 5) is 15.5. The molecule has 1 atom stereocenters. The van der Waals surface area contributed by atoms with Crippen molar-refractivity contribution in [1.82, 2.24) is 4.98 Å². The van der Waals surface area contributed by atoms with E-state index >= 15 is 0 Å². The van der Waals surface area contributed by atoms with Crippen LogP contribution in [0.3, 0.4) is 0 Å². The Kier molecular flexibility index (Phi) is 5.30. The molecule has 5 nitrogen and oxygen atoms in total. The number of aromatic nitrogens is 1. The number of nitrogens with one attached hydrogen (secondary N) is 1. The molecule has 0 fully saturated rings. The number of hydrogen-bond donors (Lipinski definition) is 3. The number of nitrogens with zero attached hydrogens (tertiary/aromatic N) is 1. The summed E-state index contributed by atoms with van der Waals surface area (Å²) in [5.41, 5.74) is 0.479. The largest absolute Gasteiger partial charge is 0.478 e. The number of carboxylic acid groups (broad SMARTS) is 1. The summed E-state index contributed by atoms with van der Waals surface area (Å²) in [6, 6.07) is 3.10. The van der Waals surface area contributed by atoms with Crippen LogP contribution >= 0.6 is 0 Å². The van der Waals surface area contributed by atoms with Crippen LogP contribution in [0.4, 0.5) is 5.82 Å². The zero-order valence-electron chi connectivity index (χ0n) is 11.7. The minimum Gasteiger partial charge on any atom is -0.478 e. The molecule has 1 unspecified atom stereocenters. The third kappa shape index (κ3) is 4.21. The fourth-order valence-electron chi connectivity index (χ4n) is 1.71. The molecule has 19 heavy (non-hydrogen) atoms. The second-order valence-corrected chi connectivity index (χ2v) is 4.98. The van der Waals surface area contributed by atoms with E-state index < -0.39 is 11.5 Å². The van der Waals surface area contributed by atoms with E-state index in [4.69, 9.17) is 5.11 Å². The Labute approximate surface area is 113 Å². The highest BCUT2D eigenvalue weighted by Crippen LogP contribution is 2.19. The Balaban J connectivity index is 3.08. The van der Waals surface area contributed by atoms with Gasteiger partial charge in [-0.1, -0.05) is 20.3 Å². The first-order chi connectivity index (χ1) is 8.94. The fraction of sp³-hybridized carbons (Fsp3) is 0.571. The van der Waals surface area contributed by atoms with Gasteiger partial charge in [0.05, 0.1) is 17.7 Å². The van der Waals surface area contributed by atoms with Gasteiger partial charge < -0.3 is 15.5 Å². The van der Waals surface area contributed by atoms with E-state index in [2.05, 4.69) is 10.3 Å². The number of carboxylic acids is 1. The maximum absolute atomic E-state index is 11.1. The first-order valence-electron chi connectivity index (χ1n) is 6.57. The lowest BCUT2D eigenvalue weighted by Gasteiger charge is -2.28. The molecule has 0 amide bonds. The summed E-state index contributed by atoms with van der Waals surface area (Å²) in [6.45, 7) is 5.82. The van der Waals surface area contributed by atoms with E-state index in [-0.39, 0.29) is 12.2 Å². The van der Waals surface area contributed by atoms with Crippen LogP contribution in [0.15, 0.2) is 12.1 Å². The highest BCUT2D eigenvalue weighted by Gasteiger charge is 2.21. The van der Waals surface area contributed by atoms with Gasteiger partial charge in [0.25, 0.3) is 0 Å². The molecule has 0 bridgehead atoms. The summed E-state index contributed by atoms with van der Waals surface area (Å²) in [5, 5.41) is 21.6. The smallest absolute Gasteiger partial charge is 0.335 e. The number of carbonyl (C=O) groups is 1. The maximum Gasteiger partial charge on any atom is 0.335 e. The average Bonchev–Trinajstić information content (AvgIpc) is 2.38. The molecule has 1 heterocycles. The minimum atomic E-state index is -0.968. The molecule has 5 heteroatoms. The quantitative estimate of drug-likeness (QED) is 0.705. The fourth-order valence-corrected chi connectivity index (χ4v) is 1.71. The Morgan fingerprint density at radius 3 is 2.58 bits per heavy atom. The van der Waals surface area contributed by atoms with Crippen LogP contribution in [0.5, 0.6) is 0 Å². The molecular formula is C14H22N2O3. The van der Waals surface area contributed by atoms with Crippen molar-refractivity contribution in [3.8, 4) is 0 Å². The van der Waals surface area contributed by atoms with Gasteiger partial charge in [0.15, 0.2) is 0 Å². The summed E-state index contributed by atoms with van der Waals surface area (Å²) in [7, 11) is 0. The first-order valence-corrected chi connectivity index (χ1v) is 6.57. The average molecular weight is 266 g/mol. The molecule has 0 spiro atoms. The second kappa shape index (κ2) is 6.52. The van der Waals surface area contributed by atoms with Gasteiger partial charge in [0.1, 0.15) is 5.82 Å². The highest BCUT2D eigenvalue weighted by molar-refractivity contribution is 5.88. The number of anilines is 1. The Bertz CT molecular complexity index is 442. The topological polar surface area (TPSA) is 82.5 Å². The molecule has 0 radical (unpaired) electrons. The van der Waals surface area contributed by atoms with Gasteiger partial charge in [0, 0.05) is 5.69 Å².